The fraction of sp³-hybridized carbons (Fsp3) is 0.244. The van der Waals surface area contributed by atoms with Crippen LogP contribution in [0, 0.1) is 0 Å². The lowest BCUT2D eigenvalue weighted by atomic mass is 10.0. The molecule has 2 atom stereocenters. The Morgan fingerprint density at radius 2 is 1.22 bits per heavy atom. The summed E-state index contributed by atoms with van der Waals surface area (Å²) in [5, 5.41) is 9.85. The van der Waals surface area contributed by atoms with E-state index in [0.717, 1.165) is 24.3 Å². The Kier molecular flexibility index (Phi) is 13.1. The summed E-state index contributed by atoms with van der Waals surface area (Å²) in [6.45, 7) is 0.345. The number of ketones is 2. The van der Waals surface area contributed by atoms with Gasteiger partial charge >= 0.3 is 6.18 Å². The van der Waals surface area contributed by atoms with Crippen molar-refractivity contribution in [2.75, 3.05) is 0 Å². The van der Waals surface area contributed by atoms with Gasteiger partial charge in [0.2, 0.25) is 35.2 Å². The molecule has 8 amide bonds. The number of carbonyl (C=O) groups excluding carboxylic acids is 10. The number of halogens is 4. The first-order chi connectivity index (χ1) is 30.9. The molecule has 4 N–H and O–H groups in total. The number of alkyl halides is 3. The summed E-state index contributed by atoms with van der Waals surface area (Å²) in [4.78, 5) is 125. The fourth-order valence-corrected chi connectivity index (χ4v) is 7.96. The molecule has 20 heteroatoms. The number of rotatable bonds is 10. The van der Waals surface area contributed by atoms with Crippen LogP contribution in [0.4, 0.5) is 13.2 Å². The molecule has 2 unspecified atom stereocenters. The maximum absolute atomic E-state index is 12.8. The largest absolute Gasteiger partial charge is 0.416 e. The third kappa shape index (κ3) is 9.99. The number of hydrogen-bond donors (Lipinski definition) is 4. The van der Waals surface area contributed by atoms with Crippen LogP contribution in [0.3, 0.4) is 0 Å². The van der Waals surface area contributed by atoms with E-state index in [0.29, 0.717) is 38.4 Å². The van der Waals surface area contributed by atoms with Crippen LogP contribution in [0.15, 0.2) is 84.9 Å². The molecule has 16 nitrogen and oxygen atoms in total. The van der Waals surface area contributed by atoms with Gasteiger partial charge in [0, 0.05) is 66.3 Å². The highest BCUT2D eigenvalue weighted by atomic mass is 35.5. The molecule has 334 valence electrons. The van der Waals surface area contributed by atoms with Crippen molar-refractivity contribution in [2.24, 2.45) is 0 Å². The van der Waals surface area contributed by atoms with Gasteiger partial charge in [-0.2, -0.15) is 13.2 Å². The van der Waals surface area contributed by atoms with Gasteiger partial charge in [0.25, 0.3) is 23.6 Å². The van der Waals surface area contributed by atoms with Crippen LogP contribution in [0.2, 0.25) is 5.02 Å². The van der Waals surface area contributed by atoms with E-state index in [4.69, 9.17) is 11.6 Å². The van der Waals surface area contributed by atoms with E-state index in [1.54, 1.807) is 48.5 Å². The minimum Gasteiger partial charge on any atom is -0.345 e. The number of carbonyl (C=O) groups is 10. The van der Waals surface area contributed by atoms with Crippen LogP contribution < -0.4 is 21.3 Å². The normalized spacial score (nSPS) is 17.9. The van der Waals surface area contributed by atoms with Gasteiger partial charge in [-0.15, -0.1) is 0 Å². The lowest BCUT2D eigenvalue weighted by Gasteiger charge is -2.29. The number of Topliss-reactive ketones (excluding diaryl/α,β-unsaturated/α-hetero) is 2. The van der Waals surface area contributed by atoms with Crippen LogP contribution >= 0.6 is 11.6 Å². The molecule has 0 radical (unpaired) electrons. The minimum absolute atomic E-state index is 0.0464. The van der Waals surface area contributed by atoms with Crippen LogP contribution in [-0.4, -0.2) is 80.7 Å². The summed E-state index contributed by atoms with van der Waals surface area (Å²) in [5.41, 5.74) is 2.51. The molecule has 0 spiro atoms. The summed E-state index contributed by atoms with van der Waals surface area (Å²) in [6.07, 6.45) is -3.73. The second-order valence-corrected chi connectivity index (χ2v) is 15.8. The minimum atomic E-state index is -4.55. The maximum Gasteiger partial charge on any atom is 0.416 e. The van der Waals surface area contributed by atoms with E-state index in [1.165, 1.54) is 21.9 Å². The lowest BCUT2D eigenvalue weighted by molar-refractivity contribution is -0.138. The van der Waals surface area contributed by atoms with Gasteiger partial charge < -0.3 is 20.4 Å². The molecular formula is C45H36ClF3N6O10. The number of amides is 8. The zero-order valence-corrected chi connectivity index (χ0v) is 34.6. The zero-order chi connectivity index (χ0) is 46.7. The van der Waals surface area contributed by atoms with Crippen LogP contribution in [0.1, 0.15) is 94.9 Å². The molecule has 8 rings (SSSR count). The highest BCUT2D eigenvalue weighted by molar-refractivity contribution is 6.43. The summed E-state index contributed by atoms with van der Waals surface area (Å²) in [6, 6.07) is 17.9. The number of benzene rings is 4. The molecule has 65 heavy (non-hydrogen) atoms. The molecule has 0 bridgehead atoms. The van der Waals surface area contributed by atoms with E-state index in [1.807, 2.05) is 0 Å². The van der Waals surface area contributed by atoms with Crippen molar-refractivity contribution in [1.29, 1.82) is 0 Å². The monoisotopic (exact) mass is 912 g/mol. The van der Waals surface area contributed by atoms with Crippen molar-refractivity contribution in [3.63, 3.8) is 0 Å². The molecule has 4 aromatic carbocycles. The third-order valence-electron chi connectivity index (χ3n) is 11.1. The lowest BCUT2D eigenvalue weighted by Crippen LogP contribution is -2.52. The molecule has 0 aromatic heterocycles. The molecule has 0 saturated carbocycles. The van der Waals surface area contributed by atoms with E-state index in [-0.39, 0.29) is 86.6 Å². The number of imide groups is 2. The molecule has 4 aliphatic heterocycles. The first-order valence-corrected chi connectivity index (χ1v) is 20.4. The van der Waals surface area contributed by atoms with Crippen molar-refractivity contribution in [2.45, 2.75) is 70.1 Å². The smallest absolute Gasteiger partial charge is 0.345 e. The Bertz CT molecular complexity index is 2710. The van der Waals surface area contributed by atoms with E-state index < -0.39 is 59.0 Å². The van der Waals surface area contributed by atoms with Gasteiger partial charge in [0.1, 0.15) is 12.1 Å². The first-order valence-electron chi connectivity index (χ1n) is 20.0. The van der Waals surface area contributed by atoms with Crippen LogP contribution in [0.5, 0.6) is 0 Å². The first kappa shape index (κ1) is 45.5. The number of piperidine rings is 2. The van der Waals surface area contributed by atoms with Gasteiger partial charge in [-0.25, -0.2) is 0 Å². The summed E-state index contributed by atoms with van der Waals surface area (Å²) in [7, 11) is 0. The standard InChI is InChI=1S/C23H18F3N3O5.C22H18ClN3O5/c24-23(25,26)15-4-2-13(3-5-15)19(31)21(33)27-10-12-1-6-16-14(9-12)11-29(22(16)34)17-7-8-18(30)28-20(17)32;23-14-5-1-3-12(9-14)19(28)21(30)24-10-13-4-2-6-15-16(13)11-26(22(15)31)17-7-8-18(27)25-20(17)29/h1-6,9,17H,7-8,10-11H2,(H,27,33)(H,28,30,32);1-6,9,17H,7-8,10-11H2,(H,24,30)(H,25,27,29). The van der Waals surface area contributed by atoms with Gasteiger partial charge in [0.15, 0.2) is 0 Å². The van der Waals surface area contributed by atoms with Crippen molar-refractivity contribution in [1.82, 2.24) is 31.1 Å². The van der Waals surface area contributed by atoms with Crippen molar-refractivity contribution in [3.05, 3.63) is 140 Å². The SMILES string of the molecule is O=C1CCC(N2Cc3c(CNC(=O)C(=O)c4cccc(Cl)c4)cccc3C2=O)C(=O)N1.O=C1CCC(N2Cc3cc(CNC(=O)C(=O)c4ccc(C(F)(F)F)cc4)ccc3C2=O)C(=O)N1. The predicted octanol–water partition coefficient (Wildman–Crippen LogP) is 3.57. The van der Waals surface area contributed by atoms with Crippen LogP contribution in [-0.2, 0) is 61.1 Å². The van der Waals surface area contributed by atoms with Crippen LogP contribution in [0.25, 0.3) is 0 Å². The Morgan fingerprint density at radius 3 is 1.82 bits per heavy atom. The Hall–Kier alpha value is -7.54. The molecule has 2 saturated heterocycles. The molecule has 2 fully saturated rings. The average Bonchev–Trinajstić information content (AvgIpc) is 3.79. The molecule has 4 aliphatic rings. The topological polar surface area (TPSA) is 225 Å². The summed E-state index contributed by atoms with van der Waals surface area (Å²) >= 11 is 5.87. The van der Waals surface area contributed by atoms with E-state index >= 15 is 0 Å². The number of hydrogen-bond acceptors (Lipinski definition) is 10. The number of nitrogens with one attached hydrogen (secondary N) is 4. The molecular weight excluding hydrogens is 877 g/mol. The third-order valence-corrected chi connectivity index (χ3v) is 11.4. The fourth-order valence-electron chi connectivity index (χ4n) is 7.77. The average molecular weight is 913 g/mol. The van der Waals surface area contributed by atoms with Gasteiger partial charge in [-0.05, 0) is 71.5 Å². The predicted molar refractivity (Wildman–Crippen MR) is 220 cm³/mol. The molecule has 4 heterocycles. The Labute approximate surface area is 371 Å². The Balaban J connectivity index is 0.000000195. The second kappa shape index (κ2) is 18.7. The number of nitrogens with zero attached hydrogens (tertiary/aromatic N) is 2. The number of fused-ring (bicyclic) bond motifs is 2. The molecule has 0 aliphatic carbocycles. The van der Waals surface area contributed by atoms with Crippen molar-refractivity contribution in [3.8, 4) is 0 Å². The highest BCUT2D eigenvalue weighted by Gasteiger charge is 2.41. The maximum atomic E-state index is 12.8. The summed E-state index contributed by atoms with van der Waals surface area (Å²) < 4.78 is 37.9. The second-order valence-electron chi connectivity index (χ2n) is 15.3. The highest BCUT2D eigenvalue weighted by Crippen LogP contribution is 2.32. The van der Waals surface area contributed by atoms with Gasteiger partial charge in [-0.3, -0.25) is 58.6 Å². The van der Waals surface area contributed by atoms with E-state index in [2.05, 4.69) is 21.3 Å². The van der Waals surface area contributed by atoms with Crippen molar-refractivity contribution < 1.29 is 61.1 Å². The summed E-state index contributed by atoms with van der Waals surface area (Å²) in [5.74, 6) is -5.83. The van der Waals surface area contributed by atoms with Gasteiger partial charge in [0.05, 0.1) is 5.56 Å². The van der Waals surface area contributed by atoms with Crippen molar-refractivity contribution >= 4 is 70.4 Å². The van der Waals surface area contributed by atoms with Gasteiger partial charge in [-0.1, -0.05) is 60.1 Å². The Morgan fingerprint density at radius 1 is 0.646 bits per heavy atom. The quantitative estimate of drug-likeness (QED) is 0.103. The molecule has 4 aromatic rings. The zero-order valence-electron chi connectivity index (χ0n) is 33.9. The van der Waals surface area contributed by atoms with E-state index in [9.17, 15) is 61.1 Å².